The number of aliphatic hydroxyl groups excluding tert-OH is 2. The van der Waals surface area contributed by atoms with Crippen molar-refractivity contribution in [2.75, 3.05) is 12.3 Å². The van der Waals surface area contributed by atoms with Gasteiger partial charge in [-0.2, -0.15) is 0 Å². The molecule has 0 saturated heterocycles. The summed E-state index contributed by atoms with van der Waals surface area (Å²) in [5.41, 5.74) is 7.04. The van der Waals surface area contributed by atoms with Crippen LogP contribution in [0, 0.1) is 17.5 Å². The summed E-state index contributed by atoms with van der Waals surface area (Å²) in [7, 11) is 0. The fourth-order valence-electron chi connectivity index (χ4n) is 4.61. The Kier molecular flexibility index (Phi) is 4.80. The number of nitrogen functional groups attached to an aromatic ring is 1. The second-order valence-corrected chi connectivity index (χ2v) is 7.98. The molecule has 2 aliphatic rings. The van der Waals surface area contributed by atoms with Crippen LogP contribution in [-0.4, -0.2) is 44.6 Å². The van der Waals surface area contributed by atoms with E-state index in [0.29, 0.717) is 25.1 Å². The van der Waals surface area contributed by atoms with Crippen LogP contribution < -0.4 is 15.8 Å². The van der Waals surface area contributed by atoms with Gasteiger partial charge in [0.1, 0.15) is 29.7 Å². The van der Waals surface area contributed by atoms with Crippen molar-refractivity contribution in [1.29, 1.82) is 0 Å². The van der Waals surface area contributed by atoms with Crippen molar-refractivity contribution < 1.29 is 28.1 Å². The number of fused-ring (bicyclic) bond motifs is 2. The summed E-state index contributed by atoms with van der Waals surface area (Å²) in [6, 6.07) is 1.68. The third-order valence-corrected chi connectivity index (χ3v) is 6.18. The van der Waals surface area contributed by atoms with E-state index in [4.69, 9.17) is 10.5 Å². The number of hydrogen-bond acceptors (Lipinski definition) is 6. The van der Waals surface area contributed by atoms with E-state index in [1.807, 2.05) is 0 Å². The number of nitrogens with two attached hydrogens (primary N) is 1. The van der Waals surface area contributed by atoms with Crippen molar-refractivity contribution in [3.8, 4) is 5.75 Å². The Morgan fingerprint density at radius 3 is 2.77 bits per heavy atom. The average molecular weight is 434 g/mol. The number of rotatable bonds is 3. The van der Waals surface area contributed by atoms with Crippen molar-refractivity contribution in [2.24, 2.45) is 0 Å². The molecule has 1 fully saturated rings. The molecule has 1 aromatic carbocycles. The predicted octanol–water partition coefficient (Wildman–Crippen LogP) is 1.80. The molecule has 0 spiro atoms. The quantitative estimate of drug-likeness (QED) is 0.501. The van der Waals surface area contributed by atoms with Gasteiger partial charge in [0.15, 0.2) is 17.5 Å². The van der Waals surface area contributed by atoms with Gasteiger partial charge in [0, 0.05) is 48.2 Å². The first kappa shape index (κ1) is 20.1. The molecule has 5 rings (SSSR count). The zero-order valence-electron chi connectivity index (χ0n) is 16.4. The topological polar surface area (TPSA) is 106 Å². The Bertz CT molecular complexity index is 1170. The van der Waals surface area contributed by atoms with Gasteiger partial charge in [0.25, 0.3) is 0 Å². The van der Waals surface area contributed by atoms with Gasteiger partial charge in [-0.05, 0) is 19.0 Å². The number of halogens is 3. The molecule has 1 saturated carbocycles. The highest BCUT2D eigenvalue weighted by molar-refractivity contribution is 5.89. The van der Waals surface area contributed by atoms with Crippen LogP contribution in [0.25, 0.3) is 11.0 Å². The number of ether oxygens (including phenoxy) is 1. The molecule has 164 valence electrons. The third-order valence-electron chi connectivity index (χ3n) is 6.18. The molecular weight excluding hydrogens is 413 g/mol. The normalized spacial score (nSPS) is 25.7. The third kappa shape index (κ3) is 3.13. The summed E-state index contributed by atoms with van der Waals surface area (Å²) < 4.78 is 50.1. The number of aromatic nitrogens is 2. The van der Waals surface area contributed by atoms with Crippen LogP contribution in [-0.2, 0) is 13.0 Å². The number of aliphatic hydroxyl groups is 2. The van der Waals surface area contributed by atoms with Gasteiger partial charge in [0.2, 0.25) is 0 Å². The maximum Gasteiger partial charge on any atom is 0.162 e. The molecule has 10 heteroatoms. The summed E-state index contributed by atoms with van der Waals surface area (Å²) in [4.78, 5) is 4.16. The predicted molar refractivity (Wildman–Crippen MR) is 106 cm³/mol. The lowest BCUT2D eigenvalue weighted by Crippen LogP contribution is -2.35. The second-order valence-electron chi connectivity index (χ2n) is 7.98. The Labute approximate surface area is 175 Å². The molecule has 7 nitrogen and oxygen atoms in total. The monoisotopic (exact) mass is 434 g/mol. The minimum atomic E-state index is -1.33. The van der Waals surface area contributed by atoms with E-state index >= 15 is 0 Å². The molecule has 0 radical (unpaired) electrons. The summed E-state index contributed by atoms with van der Waals surface area (Å²) in [5.74, 6) is -2.40. The van der Waals surface area contributed by atoms with Crippen molar-refractivity contribution in [3.05, 3.63) is 53.1 Å². The molecule has 2 aromatic heterocycles. The fraction of sp³-hybridized carbons (Fsp3) is 0.381. The SMILES string of the molecule is Nc1ccnc2c1c(F)cn2C1C[C@@H](Oc2cc(F)c(F)c3c2CNCC3)[C@@H](O)[C@H]1O. The number of nitrogens with zero attached hydrogens (tertiary/aromatic N) is 2. The van der Waals surface area contributed by atoms with Crippen LogP contribution in [0.3, 0.4) is 0 Å². The highest BCUT2D eigenvalue weighted by Gasteiger charge is 2.45. The molecule has 0 bridgehead atoms. The van der Waals surface area contributed by atoms with E-state index in [9.17, 15) is 23.4 Å². The first-order valence-corrected chi connectivity index (χ1v) is 10.0. The number of nitrogens with one attached hydrogen (secondary N) is 1. The van der Waals surface area contributed by atoms with Crippen molar-refractivity contribution in [2.45, 2.75) is 43.7 Å². The number of hydrogen-bond donors (Lipinski definition) is 4. The molecule has 31 heavy (non-hydrogen) atoms. The van der Waals surface area contributed by atoms with Gasteiger partial charge in [-0.25, -0.2) is 18.2 Å². The lowest BCUT2D eigenvalue weighted by molar-refractivity contribution is -0.0167. The molecule has 3 aromatic rings. The first-order chi connectivity index (χ1) is 14.9. The van der Waals surface area contributed by atoms with Gasteiger partial charge >= 0.3 is 0 Å². The van der Waals surface area contributed by atoms with Crippen LogP contribution in [0.15, 0.2) is 24.5 Å². The van der Waals surface area contributed by atoms with Crippen molar-refractivity contribution in [3.63, 3.8) is 0 Å². The minimum Gasteiger partial charge on any atom is -0.487 e. The smallest absolute Gasteiger partial charge is 0.162 e. The molecule has 1 unspecified atom stereocenters. The molecule has 4 atom stereocenters. The second kappa shape index (κ2) is 7.40. The number of pyridine rings is 1. The Morgan fingerprint density at radius 2 is 1.97 bits per heavy atom. The summed E-state index contributed by atoms with van der Waals surface area (Å²) in [6.07, 6.45) is -0.509. The molecule has 3 heterocycles. The van der Waals surface area contributed by atoms with Crippen molar-refractivity contribution >= 4 is 16.7 Å². The fourth-order valence-corrected chi connectivity index (χ4v) is 4.61. The van der Waals surface area contributed by atoms with Crippen LogP contribution >= 0.6 is 0 Å². The molecule has 1 aliphatic heterocycles. The molecule has 5 N–H and O–H groups in total. The van der Waals surface area contributed by atoms with E-state index in [0.717, 1.165) is 6.07 Å². The van der Waals surface area contributed by atoms with Gasteiger partial charge in [-0.15, -0.1) is 0 Å². The lowest BCUT2D eigenvalue weighted by Gasteiger charge is -2.25. The Balaban J connectivity index is 1.48. The highest BCUT2D eigenvalue weighted by atomic mass is 19.2. The van der Waals surface area contributed by atoms with Gasteiger partial charge in [0.05, 0.1) is 11.4 Å². The van der Waals surface area contributed by atoms with Crippen LogP contribution in [0.4, 0.5) is 18.9 Å². The number of benzene rings is 1. The highest BCUT2D eigenvalue weighted by Crippen LogP contribution is 2.39. The van der Waals surface area contributed by atoms with Crippen LogP contribution in [0.1, 0.15) is 23.6 Å². The van der Waals surface area contributed by atoms with Crippen molar-refractivity contribution in [1.82, 2.24) is 14.9 Å². The standard InChI is InChI=1S/C21H21F3N4O3/c22-11-5-15(10-7-26-3-1-9(10)18(11)24)31-16-6-14(19(29)20(16)30)28-8-12(23)17-13(25)2-4-27-21(17)28/h2,4-5,8,14,16,19-20,26,29-30H,1,3,6-7H2,(H2,25,27)/t14?,16-,19+,20-/m1/s1. The van der Waals surface area contributed by atoms with E-state index in [2.05, 4.69) is 10.3 Å². The number of anilines is 1. The van der Waals surface area contributed by atoms with E-state index in [-0.39, 0.29) is 34.5 Å². The Morgan fingerprint density at radius 1 is 1.16 bits per heavy atom. The summed E-state index contributed by atoms with van der Waals surface area (Å²) in [5, 5.41) is 24.5. The van der Waals surface area contributed by atoms with E-state index < -0.39 is 41.8 Å². The zero-order valence-corrected chi connectivity index (χ0v) is 16.4. The van der Waals surface area contributed by atoms with Gasteiger partial charge in [-0.1, -0.05) is 0 Å². The van der Waals surface area contributed by atoms with Crippen LogP contribution in [0.5, 0.6) is 5.75 Å². The Hall–Kier alpha value is -2.82. The summed E-state index contributed by atoms with van der Waals surface area (Å²) >= 11 is 0. The average Bonchev–Trinajstić information content (AvgIpc) is 3.24. The largest absolute Gasteiger partial charge is 0.487 e. The van der Waals surface area contributed by atoms with Gasteiger partial charge in [-0.3, -0.25) is 0 Å². The van der Waals surface area contributed by atoms with E-state index in [1.165, 1.54) is 23.0 Å². The first-order valence-electron chi connectivity index (χ1n) is 10.0. The summed E-state index contributed by atoms with van der Waals surface area (Å²) in [6.45, 7) is 0.815. The van der Waals surface area contributed by atoms with Crippen LogP contribution in [0.2, 0.25) is 0 Å². The lowest BCUT2D eigenvalue weighted by atomic mass is 9.99. The van der Waals surface area contributed by atoms with E-state index in [1.54, 1.807) is 0 Å². The maximum atomic E-state index is 14.5. The molecule has 0 amide bonds. The minimum absolute atomic E-state index is 0.100. The maximum absolute atomic E-state index is 14.5. The molecule has 1 aliphatic carbocycles. The van der Waals surface area contributed by atoms with Gasteiger partial charge < -0.3 is 30.6 Å². The molecular formula is C21H21F3N4O3. The zero-order chi connectivity index (χ0) is 21.9.